The predicted molar refractivity (Wildman–Crippen MR) is 118 cm³/mol. The van der Waals surface area contributed by atoms with Crippen LogP contribution in [0.1, 0.15) is 18.4 Å². The summed E-state index contributed by atoms with van der Waals surface area (Å²) in [5.74, 6) is 0.529. The van der Waals surface area contributed by atoms with Gasteiger partial charge in [0.05, 0.1) is 5.69 Å². The maximum Gasteiger partial charge on any atom is 0.267 e. The van der Waals surface area contributed by atoms with Crippen LogP contribution < -0.4 is 5.56 Å². The Bertz CT molecular complexity index is 1060. The third kappa shape index (κ3) is 4.97. The van der Waals surface area contributed by atoms with Crippen molar-refractivity contribution in [2.75, 3.05) is 13.1 Å². The largest absolute Gasteiger partial charge is 0.341 e. The topological polar surface area (TPSA) is 55.2 Å². The number of halogens is 1. The van der Waals surface area contributed by atoms with E-state index in [9.17, 15) is 9.59 Å². The fraction of sp³-hybridized carbons (Fsp3) is 0.292. The molecule has 1 fully saturated rings. The molecule has 1 amide bonds. The van der Waals surface area contributed by atoms with Gasteiger partial charge >= 0.3 is 0 Å². The molecule has 0 N–H and O–H groups in total. The molecule has 0 atom stereocenters. The number of piperidine rings is 1. The lowest BCUT2D eigenvalue weighted by Gasteiger charge is -2.32. The summed E-state index contributed by atoms with van der Waals surface area (Å²) < 4.78 is 1.25. The molecule has 2 aromatic carbocycles. The molecular weight excluding hydrogens is 398 g/mol. The molecule has 1 saturated heterocycles. The van der Waals surface area contributed by atoms with E-state index < -0.39 is 0 Å². The molecule has 5 nitrogen and oxygen atoms in total. The molecule has 6 heteroatoms. The number of nitrogens with zero attached hydrogens (tertiary/aromatic N) is 3. The van der Waals surface area contributed by atoms with Crippen LogP contribution >= 0.6 is 11.6 Å². The first-order valence-electron chi connectivity index (χ1n) is 10.2. The highest BCUT2D eigenvalue weighted by Gasteiger charge is 2.23. The van der Waals surface area contributed by atoms with Gasteiger partial charge in [0.2, 0.25) is 5.91 Å². The molecule has 0 unspecified atom stereocenters. The van der Waals surface area contributed by atoms with Gasteiger partial charge in [0.25, 0.3) is 5.56 Å². The number of rotatable bonds is 5. The maximum absolute atomic E-state index is 12.8. The van der Waals surface area contributed by atoms with Gasteiger partial charge < -0.3 is 4.90 Å². The number of likely N-dealkylation sites (tertiary alicyclic amines) is 1. The lowest BCUT2D eigenvalue weighted by atomic mass is 9.90. The fourth-order valence-electron chi connectivity index (χ4n) is 3.90. The van der Waals surface area contributed by atoms with Crippen LogP contribution in [0.3, 0.4) is 0 Å². The van der Waals surface area contributed by atoms with Crippen molar-refractivity contribution in [2.45, 2.75) is 25.8 Å². The first kappa shape index (κ1) is 20.4. The Labute approximate surface area is 180 Å². The standard InChI is InChI=1S/C24H24ClN3O2/c25-21-8-6-20(7-9-21)22-10-11-23(29)28(26-22)17-24(30)27-14-12-19(13-15-27)16-18-4-2-1-3-5-18/h1-11,19H,12-17H2. The highest BCUT2D eigenvalue weighted by Crippen LogP contribution is 2.22. The van der Waals surface area contributed by atoms with E-state index in [-0.39, 0.29) is 18.0 Å². The third-order valence-corrected chi connectivity index (χ3v) is 5.88. The zero-order valence-corrected chi connectivity index (χ0v) is 17.5. The van der Waals surface area contributed by atoms with Crippen molar-refractivity contribution in [3.8, 4) is 11.3 Å². The first-order chi connectivity index (χ1) is 14.6. The smallest absolute Gasteiger partial charge is 0.267 e. The average Bonchev–Trinajstić information content (AvgIpc) is 2.77. The lowest BCUT2D eigenvalue weighted by Crippen LogP contribution is -2.42. The number of carbonyl (C=O) groups excluding carboxylic acids is 1. The zero-order chi connectivity index (χ0) is 20.9. The van der Waals surface area contributed by atoms with Crippen molar-refractivity contribution < 1.29 is 4.79 Å². The van der Waals surface area contributed by atoms with Gasteiger partial charge in [-0.15, -0.1) is 0 Å². The zero-order valence-electron chi connectivity index (χ0n) is 16.7. The van der Waals surface area contributed by atoms with Crippen molar-refractivity contribution in [3.63, 3.8) is 0 Å². The fourth-order valence-corrected chi connectivity index (χ4v) is 4.02. The average molecular weight is 422 g/mol. The molecular formula is C24H24ClN3O2. The van der Waals surface area contributed by atoms with Crippen molar-refractivity contribution in [3.05, 3.63) is 87.7 Å². The van der Waals surface area contributed by atoms with E-state index in [4.69, 9.17) is 11.6 Å². The van der Waals surface area contributed by atoms with E-state index in [1.54, 1.807) is 18.2 Å². The molecule has 30 heavy (non-hydrogen) atoms. The minimum Gasteiger partial charge on any atom is -0.341 e. The molecule has 0 radical (unpaired) electrons. The van der Waals surface area contributed by atoms with Gasteiger partial charge in [-0.05, 0) is 48.9 Å². The Kier molecular flexibility index (Phi) is 6.29. The molecule has 0 bridgehead atoms. The van der Waals surface area contributed by atoms with E-state index in [0.29, 0.717) is 16.6 Å². The second-order valence-electron chi connectivity index (χ2n) is 7.74. The van der Waals surface area contributed by atoms with E-state index in [1.807, 2.05) is 23.1 Å². The number of carbonyl (C=O) groups is 1. The Balaban J connectivity index is 1.38. The van der Waals surface area contributed by atoms with Crippen LogP contribution in [0.25, 0.3) is 11.3 Å². The minimum absolute atomic E-state index is 0.0381. The lowest BCUT2D eigenvalue weighted by molar-refractivity contribution is -0.133. The molecule has 2 heterocycles. The monoisotopic (exact) mass is 421 g/mol. The Hall–Kier alpha value is -2.92. The molecule has 154 valence electrons. The summed E-state index contributed by atoms with van der Waals surface area (Å²) in [4.78, 5) is 26.9. The van der Waals surface area contributed by atoms with Gasteiger partial charge in [-0.3, -0.25) is 9.59 Å². The maximum atomic E-state index is 12.8. The van der Waals surface area contributed by atoms with Crippen molar-refractivity contribution in [2.24, 2.45) is 5.92 Å². The number of benzene rings is 2. The molecule has 1 aliphatic heterocycles. The van der Waals surface area contributed by atoms with E-state index >= 15 is 0 Å². The van der Waals surface area contributed by atoms with Crippen molar-refractivity contribution >= 4 is 17.5 Å². The third-order valence-electron chi connectivity index (χ3n) is 5.63. The minimum atomic E-state index is -0.278. The van der Waals surface area contributed by atoms with Crippen molar-refractivity contribution in [1.82, 2.24) is 14.7 Å². The summed E-state index contributed by atoms with van der Waals surface area (Å²) in [7, 11) is 0. The van der Waals surface area contributed by atoms with Gasteiger partial charge in [-0.25, -0.2) is 4.68 Å². The second kappa shape index (κ2) is 9.26. The highest BCUT2D eigenvalue weighted by molar-refractivity contribution is 6.30. The summed E-state index contributed by atoms with van der Waals surface area (Å²) in [5, 5.41) is 5.03. The van der Waals surface area contributed by atoms with Crippen LogP contribution in [0.2, 0.25) is 5.02 Å². The van der Waals surface area contributed by atoms with Crippen LogP contribution in [-0.4, -0.2) is 33.7 Å². The van der Waals surface area contributed by atoms with Gasteiger partial charge in [-0.2, -0.15) is 5.10 Å². The van der Waals surface area contributed by atoms with Crippen molar-refractivity contribution in [1.29, 1.82) is 0 Å². The predicted octanol–water partition coefficient (Wildman–Crippen LogP) is 4.05. The summed E-state index contributed by atoms with van der Waals surface area (Å²) >= 11 is 5.94. The normalized spacial score (nSPS) is 14.6. The van der Waals surface area contributed by atoms with Gasteiger partial charge in [-0.1, -0.05) is 54.1 Å². The molecule has 0 saturated carbocycles. The molecule has 0 aliphatic carbocycles. The van der Waals surface area contributed by atoms with Gasteiger partial charge in [0, 0.05) is 29.7 Å². The van der Waals surface area contributed by atoms with E-state index in [1.165, 1.54) is 16.3 Å². The quantitative estimate of drug-likeness (QED) is 0.624. The van der Waals surface area contributed by atoms with Crippen LogP contribution in [0.4, 0.5) is 0 Å². The number of aromatic nitrogens is 2. The number of hydrogen-bond acceptors (Lipinski definition) is 3. The van der Waals surface area contributed by atoms with Crippen LogP contribution in [-0.2, 0) is 17.8 Å². The van der Waals surface area contributed by atoms with E-state index in [0.717, 1.165) is 37.9 Å². The SMILES string of the molecule is O=C(Cn1nc(-c2ccc(Cl)cc2)ccc1=O)N1CCC(Cc2ccccc2)CC1. The molecule has 1 aliphatic rings. The summed E-state index contributed by atoms with van der Waals surface area (Å²) in [6.07, 6.45) is 3.01. The van der Waals surface area contributed by atoms with Crippen LogP contribution in [0.15, 0.2) is 71.5 Å². The molecule has 1 aromatic heterocycles. The van der Waals surface area contributed by atoms with Gasteiger partial charge in [0.15, 0.2) is 0 Å². The van der Waals surface area contributed by atoms with Crippen LogP contribution in [0.5, 0.6) is 0 Å². The molecule has 3 aromatic rings. The number of hydrogen-bond donors (Lipinski definition) is 0. The summed E-state index contributed by atoms with van der Waals surface area (Å²) in [5.41, 5.74) is 2.56. The number of amides is 1. The summed E-state index contributed by atoms with van der Waals surface area (Å²) in [6, 6.07) is 20.8. The Morgan fingerprint density at radius 3 is 2.37 bits per heavy atom. The first-order valence-corrected chi connectivity index (χ1v) is 10.6. The highest BCUT2D eigenvalue weighted by atomic mass is 35.5. The second-order valence-corrected chi connectivity index (χ2v) is 8.17. The Morgan fingerprint density at radius 2 is 1.67 bits per heavy atom. The van der Waals surface area contributed by atoms with Crippen LogP contribution in [0, 0.1) is 5.92 Å². The summed E-state index contributed by atoms with van der Waals surface area (Å²) in [6.45, 7) is 1.41. The van der Waals surface area contributed by atoms with Gasteiger partial charge in [0.1, 0.15) is 6.54 Å². The molecule has 4 rings (SSSR count). The Morgan fingerprint density at radius 1 is 0.967 bits per heavy atom. The molecule has 0 spiro atoms. The van der Waals surface area contributed by atoms with E-state index in [2.05, 4.69) is 29.4 Å².